The van der Waals surface area contributed by atoms with E-state index in [9.17, 15) is 4.79 Å². The topological polar surface area (TPSA) is 55.6 Å². The lowest BCUT2D eigenvalue weighted by Gasteiger charge is -2.12. The molecule has 0 fully saturated rings. The minimum atomic E-state index is -0.226. The third-order valence-electron chi connectivity index (χ3n) is 4.61. The van der Waals surface area contributed by atoms with E-state index in [1.54, 1.807) is 12.1 Å². The van der Waals surface area contributed by atoms with Gasteiger partial charge in [-0.2, -0.15) is 0 Å². The van der Waals surface area contributed by atoms with Crippen LogP contribution in [0.4, 0.5) is 5.69 Å². The number of amides is 1. The van der Waals surface area contributed by atoms with E-state index in [1.807, 2.05) is 73.1 Å². The van der Waals surface area contributed by atoms with Crippen LogP contribution in [-0.4, -0.2) is 15.3 Å². The molecule has 146 valence electrons. The van der Waals surface area contributed by atoms with Gasteiger partial charge in [0.25, 0.3) is 5.91 Å². The summed E-state index contributed by atoms with van der Waals surface area (Å²) in [4.78, 5) is 17.5. The zero-order valence-corrected chi connectivity index (χ0v) is 17.7. The molecule has 0 radical (unpaired) electrons. The number of rotatable bonds is 5. The first-order valence-electron chi connectivity index (χ1n) is 9.24. The summed E-state index contributed by atoms with van der Waals surface area (Å²) in [6.45, 7) is 4.30. The number of pyridine rings is 1. The Morgan fingerprint density at radius 1 is 1.14 bits per heavy atom. The standard InChI is InChI=1S/C23H20BrN3O2/c1-15-9-10-20(19(24)12-15)26-23(28)18-7-3-4-8-21(18)29-14-17-13-27-11-5-6-16(2)22(27)25-17/h3-13H,14H2,1-2H3,(H,26,28). The molecule has 1 amide bonds. The van der Waals surface area contributed by atoms with Crippen molar-refractivity contribution >= 4 is 33.2 Å². The number of ether oxygens (including phenoxy) is 1. The first-order chi connectivity index (χ1) is 14.0. The molecule has 4 aromatic rings. The third-order valence-corrected chi connectivity index (χ3v) is 5.26. The molecule has 0 aliphatic rings. The molecule has 1 N–H and O–H groups in total. The molecule has 2 heterocycles. The number of fused-ring (bicyclic) bond motifs is 1. The smallest absolute Gasteiger partial charge is 0.259 e. The Morgan fingerprint density at radius 2 is 1.97 bits per heavy atom. The second kappa shape index (κ2) is 8.09. The summed E-state index contributed by atoms with van der Waals surface area (Å²) in [7, 11) is 0. The van der Waals surface area contributed by atoms with Gasteiger partial charge < -0.3 is 14.5 Å². The van der Waals surface area contributed by atoms with Crippen LogP contribution in [0.5, 0.6) is 5.75 Å². The number of aryl methyl sites for hydroxylation is 2. The van der Waals surface area contributed by atoms with Crippen LogP contribution in [0.15, 0.2) is 71.5 Å². The predicted molar refractivity (Wildman–Crippen MR) is 118 cm³/mol. The highest BCUT2D eigenvalue weighted by molar-refractivity contribution is 9.10. The Morgan fingerprint density at radius 3 is 2.76 bits per heavy atom. The van der Waals surface area contributed by atoms with Crippen molar-refractivity contribution in [2.45, 2.75) is 20.5 Å². The number of carbonyl (C=O) groups excluding carboxylic acids is 1. The molecule has 6 heteroatoms. The van der Waals surface area contributed by atoms with E-state index in [4.69, 9.17) is 4.74 Å². The number of para-hydroxylation sites is 1. The fourth-order valence-electron chi connectivity index (χ4n) is 3.12. The van der Waals surface area contributed by atoms with Crippen molar-refractivity contribution < 1.29 is 9.53 Å². The molecular weight excluding hydrogens is 430 g/mol. The average molecular weight is 450 g/mol. The Labute approximate surface area is 177 Å². The summed E-state index contributed by atoms with van der Waals surface area (Å²) in [5, 5.41) is 2.94. The molecule has 0 spiro atoms. The molecule has 4 rings (SSSR count). The maximum atomic E-state index is 12.8. The van der Waals surface area contributed by atoms with Crippen LogP contribution in [0.2, 0.25) is 0 Å². The van der Waals surface area contributed by atoms with Crippen LogP contribution in [0.25, 0.3) is 5.65 Å². The van der Waals surface area contributed by atoms with E-state index >= 15 is 0 Å². The van der Waals surface area contributed by atoms with Gasteiger partial charge in [0, 0.05) is 16.9 Å². The van der Waals surface area contributed by atoms with Gasteiger partial charge in [-0.25, -0.2) is 4.98 Å². The summed E-state index contributed by atoms with van der Waals surface area (Å²) in [6, 6.07) is 17.0. The van der Waals surface area contributed by atoms with Gasteiger partial charge in [-0.3, -0.25) is 4.79 Å². The maximum Gasteiger partial charge on any atom is 0.259 e. The van der Waals surface area contributed by atoms with Crippen LogP contribution >= 0.6 is 15.9 Å². The Hall–Kier alpha value is -3.12. The van der Waals surface area contributed by atoms with Gasteiger partial charge in [0.1, 0.15) is 18.0 Å². The Kier molecular flexibility index (Phi) is 5.36. The fraction of sp³-hybridized carbons (Fsp3) is 0.130. The first-order valence-corrected chi connectivity index (χ1v) is 10.0. The normalized spacial score (nSPS) is 10.9. The lowest BCUT2D eigenvalue weighted by atomic mass is 10.1. The van der Waals surface area contributed by atoms with E-state index in [-0.39, 0.29) is 12.5 Å². The summed E-state index contributed by atoms with van der Waals surface area (Å²) < 4.78 is 8.76. The molecule has 0 saturated heterocycles. The van der Waals surface area contributed by atoms with Gasteiger partial charge in [-0.05, 0) is 71.2 Å². The largest absolute Gasteiger partial charge is 0.486 e. The van der Waals surface area contributed by atoms with Crippen LogP contribution < -0.4 is 10.1 Å². The zero-order valence-electron chi connectivity index (χ0n) is 16.1. The number of nitrogens with zero attached hydrogens (tertiary/aromatic N) is 2. The Bertz CT molecular complexity index is 1200. The molecule has 0 unspecified atom stereocenters. The molecule has 0 saturated carbocycles. The number of nitrogens with one attached hydrogen (secondary N) is 1. The Balaban J connectivity index is 1.53. The summed E-state index contributed by atoms with van der Waals surface area (Å²) in [5.41, 5.74) is 5.10. The van der Waals surface area contributed by atoms with Crippen LogP contribution in [0.1, 0.15) is 27.2 Å². The quantitative estimate of drug-likeness (QED) is 0.434. The minimum absolute atomic E-state index is 0.226. The molecule has 0 atom stereocenters. The van der Waals surface area contributed by atoms with Gasteiger partial charge in [0.05, 0.1) is 16.9 Å². The van der Waals surface area contributed by atoms with Crippen molar-refractivity contribution in [3.63, 3.8) is 0 Å². The third kappa shape index (κ3) is 4.17. The molecule has 29 heavy (non-hydrogen) atoms. The van der Waals surface area contributed by atoms with Gasteiger partial charge in [-0.1, -0.05) is 24.3 Å². The summed E-state index contributed by atoms with van der Waals surface area (Å²) in [6.07, 6.45) is 3.90. The highest BCUT2D eigenvalue weighted by Gasteiger charge is 2.14. The molecule has 0 aliphatic carbocycles. The van der Waals surface area contributed by atoms with Crippen molar-refractivity contribution in [1.82, 2.24) is 9.38 Å². The SMILES string of the molecule is Cc1ccc(NC(=O)c2ccccc2OCc2cn3cccc(C)c3n2)c(Br)c1. The summed E-state index contributed by atoms with van der Waals surface area (Å²) in [5.74, 6) is 0.290. The minimum Gasteiger partial charge on any atom is -0.486 e. The van der Waals surface area contributed by atoms with E-state index in [1.165, 1.54) is 0 Å². The summed E-state index contributed by atoms with van der Waals surface area (Å²) >= 11 is 3.49. The lowest BCUT2D eigenvalue weighted by Crippen LogP contribution is -2.14. The number of benzene rings is 2. The van der Waals surface area contributed by atoms with E-state index in [2.05, 4.69) is 26.2 Å². The second-order valence-electron chi connectivity index (χ2n) is 6.88. The number of halogens is 1. The van der Waals surface area contributed by atoms with Crippen LogP contribution in [-0.2, 0) is 6.61 Å². The molecular formula is C23H20BrN3O2. The van der Waals surface area contributed by atoms with Gasteiger partial charge in [-0.15, -0.1) is 0 Å². The average Bonchev–Trinajstić information content (AvgIpc) is 3.13. The van der Waals surface area contributed by atoms with Crippen molar-refractivity contribution in [2.24, 2.45) is 0 Å². The van der Waals surface area contributed by atoms with Crippen molar-refractivity contribution in [3.8, 4) is 5.75 Å². The fourth-order valence-corrected chi connectivity index (χ4v) is 3.71. The number of imidazole rings is 1. The van der Waals surface area contributed by atoms with Crippen molar-refractivity contribution in [2.75, 3.05) is 5.32 Å². The number of aromatic nitrogens is 2. The van der Waals surface area contributed by atoms with Crippen LogP contribution in [0, 0.1) is 13.8 Å². The monoisotopic (exact) mass is 449 g/mol. The number of hydrogen-bond acceptors (Lipinski definition) is 3. The van der Waals surface area contributed by atoms with Gasteiger partial charge >= 0.3 is 0 Å². The molecule has 2 aromatic heterocycles. The molecule has 0 bridgehead atoms. The number of carbonyl (C=O) groups is 1. The zero-order chi connectivity index (χ0) is 20.4. The highest BCUT2D eigenvalue weighted by Crippen LogP contribution is 2.26. The highest BCUT2D eigenvalue weighted by atomic mass is 79.9. The second-order valence-corrected chi connectivity index (χ2v) is 7.73. The van der Waals surface area contributed by atoms with E-state index in [0.29, 0.717) is 17.0 Å². The van der Waals surface area contributed by atoms with Crippen LogP contribution in [0.3, 0.4) is 0 Å². The van der Waals surface area contributed by atoms with E-state index in [0.717, 1.165) is 26.9 Å². The van der Waals surface area contributed by atoms with E-state index < -0.39 is 0 Å². The van der Waals surface area contributed by atoms with Gasteiger partial charge in [0.15, 0.2) is 0 Å². The molecule has 2 aromatic carbocycles. The number of anilines is 1. The molecule has 5 nitrogen and oxygen atoms in total. The maximum absolute atomic E-state index is 12.8. The first kappa shape index (κ1) is 19.2. The van der Waals surface area contributed by atoms with Gasteiger partial charge in [0.2, 0.25) is 0 Å². The van der Waals surface area contributed by atoms with Crippen molar-refractivity contribution in [3.05, 3.63) is 93.8 Å². The number of hydrogen-bond donors (Lipinski definition) is 1. The molecule has 0 aliphatic heterocycles. The predicted octanol–water partition coefficient (Wildman–Crippen LogP) is 5.54. The van der Waals surface area contributed by atoms with Crippen molar-refractivity contribution in [1.29, 1.82) is 0 Å². The lowest BCUT2D eigenvalue weighted by molar-refractivity contribution is 0.102.